The number of nitrogens with one attached hydrogen (secondary N) is 1. The van der Waals surface area contributed by atoms with Crippen LogP contribution in [0.2, 0.25) is 5.02 Å². The van der Waals surface area contributed by atoms with Crippen molar-refractivity contribution in [1.29, 1.82) is 0 Å². The van der Waals surface area contributed by atoms with Gasteiger partial charge in [-0.3, -0.25) is 4.79 Å². The Kier molecular flexibility index (Phi) is 7.73. The van der Waals surface area contributed by atoms with Crippen LogP contribution in [0.25, 0.3) is 0 Å². The summed E-state index contributed by atoms with van der Waals surface area (Å²) in [5.41, 5.74) is 0. The highest BCUT2D eigenvalue weighted by Crippen LogP contribution is 2.31. The van der Waals surface area contributed by atoms with Crippen molar-refractivity contribution in [2.24, 2.45) is 5.92 Å². The van der Waals surface area contributed by atoms with Crippen LogP contribution in [0.1, 0.15) is 39.0 Å². The fourth-order valence-electron chi connectivity index (χ4n) is 3.10. The highest BCUT2D eigenvalue weighted by molar-refractivity contribution is 7.89. The highest BCUT2D eigenvalue weighted by atomic mass is 35.5. The topological polar surface area (TPSA) is 75.7 Å². The van der Waals surface area contributed by atoms with Gasteiger partial charge in [0, 0.05) is 24.7 Å². The van der Waals surface area contributed by atoms with E-state index in [-0.39, 0.29) is 29.0 Å². The molecule has 0 radical (unpaired) electrons. The number of benzene rings is 1. The minimum atomic E-state index is -3.78. The number of nitrogens with zero attached hydrogens (tertiary/aromatic N) is 1. The molecule has 1 atom stereocenters. The number of hydrogen-bond donors (Lipinski definition) is 1. The summed E-state index contributed by atoms with van der Waals surface area (Å²) in [5, 5.41) is 3.25. The molecular weight excluding hydrogens is 376 g/mol. The maximum Gasteiger partial charge on any atom is 0.246 e. The molecule has 1 amide bonds. The van der Waals surface area contributed by atoms with Crippen LogP contribution in [0.4, 0.5) is 0 Å². The van der Waals surface area contributed by atoms with Crippen molar-refractivity contribution < 1.29 is 17.9 Å². The molecule has 0 aliphatic carbocycles. The lowest BCUT2D eigenvalue weighted by Gasteiger charge is -2.31. The number of methoxy groups -OCH3 is 1. The van der Waals surface area contributed by atoms with Gasteiger partial charge in [-0.15, -0.1) is 0 Å². The third-order valence-electron chi connectivity index (χ3n) is 4.58. The smallest absolute Gasteiger partial charge is 0.246 e. The van der Waals surface area contributed by atoms with Crippen LogP contribution >= 0.6 is 11.6 Å². The number of sulfonamides is 1. The lowest BCUT2D eigenvalue weighted by molar-refractivity contribution is -0.126. The monoisotopic (exact) mass is 402 g/mol. The van der Waals surface area contributed by atoms with E-state index in [0.29, 0.717) is 31.0 Å². The molecule has 1 heterocycles. The zero-order valence-corrected chi connectivity index (χ0v) is 16.9. The largest absolute Gasteiger partial charge is 0.495 e. The van der Waals surface area contributed by atoms with Crippen LogP contribution in [0, 0.1) is 5.92 Å². The molecule has 146 valence electrons. The lowest BCUT2D eigenvalue weighted by atomic mass is 9.99. The first-order valence-electron chi connectivity index (χ1n) is 9.01. The Morgan fingerprint density at radius 2 is 2.15 bits per heavy atom. The van der Waals surface area contributed by atoms with Gasteiger partial charge in [0.2, 0.25) is 15.9 Å². The molecule has 1 aromatic carbocycles. The second-order valence-electron chi connectivity index (χ2n) is 6.50. The molecule has 2 rings (SSSR count). The second kappa shape index (κ2) is 9.58. The van der Waals surface area contributed by atoms with Gasteiger partial charge in [-0.2, -0.15) is 4.31 Å². The fraction of sp³-hybridized carbons (Fsp3) is 0.611. The highest BCUT2D eigenvalue weighted by Gasteiger charge is 2.34. The average Bonchev–Trinajstić information content (AvgIpc) is 2.65. The molecule has 8 heteroatoms. The lowest BCUT2D eigenvalue weighted by Crippen LogP contribution is -2.45. The average molecular weight is 403 g/mol. The first-order valence-corrected chi connectivity index (χ1v) is 10.8. The Morgan fingerprint density at radius 1 is 1.38 bits per heavy atom. The molecule has 1 aliphatic heterocycles. The van der Waals surface area contributed by atoms with Gasteiger partial charge in [0.05, 0.1) is 13.0 Å². The normalized spacial score (nSPS) is 18.5. The molecule has 1 aromatic rings. The summed E-state index contributed by atoms with van der Waals surface area (Å²) in [6.45, 7) is 3.31. The zero-order valence-electron chi connectivity index (χ0n) is 15.3. The van der Waals surface area contributed by atoms with Gasteiger partial charge in [-0.05, 0) is 37.5 Å². The van der Waals surface area contributed by atoms with Crippen molar-refractivity contribution >= 4 is 27.5 Å². The molecule has 1 N–H and O–H groups in total. The van der Waals surface area contributed by atoms with Crippen LogP contribution in [-0.2, 0) is 14.8 Å². The molecule has 1 aliphatic rings. The number of rotatable bonds is 8. The van der Waals surface area contributed by atoms with Crippen molar-refractivity contribution in [3.05, 3.63) is 23.2 Å². The number of hydrogen-bond acceptors (Lipinski definition) is 4. The Hall–Kier alpha value is -1.31. The van der Waals surface area contributed by atoms with E-state index in [1.807, 2.05) is 0 Å². The fourth-order valence-corrected chi connectivity index (χ4v) is 5.04. The summed E-state index contributed by atoms with van der Waals surface area (Å²) in [6.07, 6.45) is 4.44. The van der Waals surface area contributed by atoms with Crippen LogP contribution in [0.15, 0.2) is 23.1 Å². The van der Waals surface area contributed by atoms with Gasteiger partial charge in [-0.1, -0.05) is 31.4 Å². The summed E-state index contributed by atoms with van der Waals surface area (Å²) in [6, 6.07) is 4.52. The third kappa shape index (κ3) is 5.11. The Morgan fingerprint density at radius 3 is 2.85 bits per heavy atom. The van der Waals surface area contributed by atoms with Crippen LogP contribution < -0.4 is 10.1 Å². The van der Waals surface area contributed by atoms with Crippen LogP contribution in [-0.4, -0.2) is 45.4 Å². The maximum absolute atomic E-state index is 13.0. The van der Waals surface area contributed by atoms with Gasteiger partial charge in [-0.25, -0.2) is 8.42 Å². The Balaban J connectivity index is 2.10. The van der Waals surface area contributed by atoms with E-state index in [1.165, 1.54) is 23.5 Å². The van der Waals surface area contributed by atoms with E-state index >= 15 is 0 Å². The summed E-state index contributed by atoms with van der Waals surface area (Å²) < 4.78 is 32.6. The minimum absolute atomic E-state index is 0.0384. The van der Waals surface area contributed by atoms with Crippen LogP contribution in [0.5, 0.6) is 5.75 Å². The Bertz CT molecular complexity index is 724. The molecule has 26 heavy (non-hydrogen) atoms. The number of halogens is 1. The first-order chi connectivity index (χ1) is 12.4. The van der Waals surface area contributed by atoms with Gasteiger partial charge in [0.1, 0.15) is 10.6 Å². The predicted octanol–water partition coefficient (Wildman–Crippen LogP) is 3.06. The van der Waals surface area contributed by atoms with Crippen molar-refractivity contribution in [3.63, 3.8) is 0 Å². The first kappa shape index (κ1) is 21.0. The number of carbonyl (C=O) groups is 1. The second-order valence-corrected chi connectivity index (χ2v) is 8.84. The van der Waals surface area contributed by atoms with Crippen molar-refractivity contribution in [3.8, 4) is 5.75 Å². The maximum atomic E-state index is 13.0. The molecular formula is C18H27ClN2O4S. The quantitative estimate of drug-likeness (QED) is 0.678. The van der Waals surface area contributed by atoms with Crippen LogP contribution in [0.3, 0.4) is 0 Å². The predicted molar refractivity (Wildman–Crippen MR) is 102 cm³/mol. The van der Waals surface area contributed by atoms with E-state index in [9.17, 15) is 13.2 Å². The molecule has 0 spiro atoms. The molecule has 0 bridgehead atoms. The molecule has 0 saturated carbocycles. The van der Waals surface area contributed by atoms with Crippen molar-refractivity contribution in [2.45, 2.75) is 43.9 Å². The van der Waals surface area contributed by atoms with Gasteiger partial charge in [0.25, 0.3) is 0 Å². The van der Waals surface area contributed by atoms with Gasteiger partial charge >= 0.3 is 0 Å². The van der Waals surface area contributed by atoms with E-state index in [4.69, 9.17) is 16.3 Å². The molecule has 6 nitrogen and oxygen atoms in total. The number of ether oxygens (including phenoxy) is 1. The van der Waals surface area contributed by atoms with Crippen molar-refractivity contribution in [2.75, 3.05) is 26.7 Å². The van der Waals surface area contributed by atoms with Gasteiger partial charge in [0.15, 0.2) is 0 Å². The van der Waals surface area contributed by atoms with Crippen molar-refractivity contribution in [1.82, 2.24) is 9.62 Å². The summed E-state index contributed by atoms with van der Waals surface area (Å²) in [7, 11) is -2.36. The summed E-state index contributed by atoms with van der Waals surface area (Å²) in [5.74, 6) is -0.148. The Labute approximate surface area is 160 Å². The standard InChI is InChI=1S/C18H27ClN2O4S/c1-3-4-5-10-20-18(22)14-7-6-11-21(13-14)26(23,24)17-12-15(19)8-9-16(17)25-2/h8-9,12,14H,3-7,10-11,13H2,1-2H3,(H,20,22)/t14-/m1/s1. The number of amides is 1. The number of piperidine rings is 1. The molecule has 1 fully saturated rings. The van der Waals surface area contributed by atoms with E-state index < -0.39 is 10.0 Å². The number of carbonyl (C=O) groups excluding carboxylic acids is 1. The molecule has 1 saturated heterocycles. The summed E-state index contributed by atoms with van der Waals surface area (Å²) >= 11 is 5.98. The third-order valence-corrected chi connectivity index (χ3v) is 6.70. The molecule has 0 aromatic heterocycles. The SMILES string of the molecule is CCCCCNC(=O)[C@@H]1CCCN(S(=O)(=O)c2cc(Cl)ccc2OC)C1. The minimum Gasteiger partial charge on any atom is -0.495 e. The number of unbranched alkanes of at least 4 members (excludes halogenated alkanes) is 2. The van der Waals surface area contributed by atoms with E-state index in [1.54, 1.807) is 6.07 Å². The van der Waals surface area contributed by atoms with Gasteiger partial charge < -0.3 is 10.1 Å². The van der Waals surface area contributed by atoms with E-state index in [0.717, 1.165) is 19.3 Å². The molecule has 0 unspecified atom stereocenters. The zero-order chi connectivity index (χ0) is 19.2. The summed E-state index contributed by atoms with van der Waals surface area (Å²) in [4.78, 5) is 12.4. The van der Waals surface area contributed by atoms with E-state index in [2.05, 4.69) is 12.2 Å².